The predicted octanol–water partition coefficient (Wildman–Crippen LogP) is -6.46. The maximum atomic E-state index is 9.38. The standard InChI is InChI=1S/ClH2.2Cr.Na.7O/h1H2;;;;;;;;;;/q+1;;;+1;;;;;;2*-1. The van der Waals surface area contributed by atoms with Gasteiger partial charge in [0.25, 0.3) is 0 Å². The number of hydrogen-bond donors (Lipinski definition) is 0. The summed E-state index contributed by atoms with van der Waals surface area (Å²) in [5, 5.41) is 0. The topological polar surface area (TPSA) is 124 Å². The molecule has 0 radical (unpaired) electrons. The molecule has 0 rings (SSSR count). The summed E-state index contributed by atoms with van der Waals surface area (Å²) < 4.78 is 58.9. The first kappa shape index (κ1) is 18.3. The van der Waals surface area contributed by atoms with Crippen LogP contribution in [0.4, 0.5) is 0 Å². The third-order valence-electron chi connectivity index (χ3n) is 0.167. The Morgan fingerprint density at radius 1 is 0.909 bits per heavy atom. The van der Waals surface area contributed by atoms with Gasteiger partial charge in [0.1, 0.15) is 0 Å². The Hall–Kier alpha value is 1.43. The molecule has 0 saturated heterocycles. The first-order chi connectivity index (χ1) is 3.71. The van der Waals surface area contributed by atoms with Crippen LogP contribution in [0.1, 0.15) is 0 Å². The molecule has 0 aliphatic heterocycles. The van der Waals surface area contributed by atoms with E-state index in [1.54, 1.807) is 0 Å². The van der Waals surface area contributed by atoms with E-state index in [2.05, 4.69) is 2.84 Å². The van der Waals surface area contributed by atoms with E-state index in [0.29, 0.717) is 0 Å². The van der Waals surface area contributed by atoms with Crippen molar-refractivity contribution >= 4 is 0 Å². The van der Waals surface area contributed by atoms with Crippen molar-refractivity contribution in [2.45, 2.75) is 0 Å². The van der Waals surface area contributed by atoms with Crippen molar-refractivity contribution in [2.75, 3.05) is 0 Å². The summed E-state index contributed by atoms with van der Waals surface area (Å²) in [6, 6.07) is 0. The van der Waals surface area contributed by atoms with Crippen LogP contribution in [0.5, 0.6) is 0 Å². The van der Waals surface area contributed by atoms with Gasteiger partial charge < -0.3 is 0 Å². The molecule has 0 atom stereocenters. The molecule has 0 unspecified atom stereocenters. The fourth-order valence-electron chi connectivity index (χ4n) is 0.102. The van der Waals surface area contributed by atoms with E-state index in [4.69, 9.17) is 0 Å². The number of halogens is 1. The molecule has 0 aromatic rings. The number of rotatable bonds is 2. The van der Waals surface area contributed by atoms with Crippen molar-refractivity contribution in [2.24, 2.45) is 0 Å². The SMILES string of the molecule is [ClH2+].[Na+].[O]=[Cr](=[O])([O-])[O][Cr](=[O])(=[O])[O-]. The fourth-order valence-corrected chi connectivity index (χ4v) is 1.74. The van der Waals surface area contributed by atoms with Crippen molar-refractivity contribution in [1.82, 2.24) is 0 Å². The Kier molecular flexibility index (Phi) is 9.92. The molecular weight excluding hydrogens is 274 g/mol. The summed E-state index contributed by atoms with van der Waals surface area (Å²) in [4.78, 5) is 0. The van der Waals surface area contributed by atoms with E-state index in [1.165, 1.54) is 0 Å². The monoisotopic (exact) mass is 276 g/mol. The summed E-state index contributed by atoms with van der Waals surface area (Å²) in [6.07, 6.45) is 0. The van der Waals surface area contributed by atoms with E-state index < -0.39 is 27.2 Å². The molecule has 0 N–H and O–H groups in total. The molecule has 0 aromatic heterocycles. The van der Waals surface area contributed by atoms with Crippen LogP contribution in [0.2, 0.25) is 0 Å². The van der Waals surface area contributed by atoms with Crippen LogP contribution in [0, 0.1) is 12.4 Å². The normalized spacial score (nSPS) is 11.1. The summed E-state index contributed by atoms with van der Waals surface area (Å²) in [5.74, 6) is 0. The Bertz CT molecular complexity index is 242. The quantitative estimate of drug-likeness (QED) is 0.459. The van der Waals surface area contributed by atoms with Crippen molar-refractivity contribution in [3.8, 4) is 0 Å². The predicted molar refractivity (Wildman–Crippen MR) is 6.62 cm³/mol. The van der Waals surface area contributed by atoms with Crippen LogP contribution >= 0.6 is 0 Å². The van der Waals surface area contributed by atoms with Gasteiger partial charge in [-0.05, 0) is 0 Å². The van der Waals surface area contributed by atoms with Crippen LogP contribution in [-0.4, -0.2) is 0 Å². The molecule has 11 heavy (non-hydrogen) atoms. The first-order valence-electron chi connectivity index (χ1n) is 1.33. The van der Waals surface area contributed by atoms with Gasteiger partial charge in [-0.25, -0.2) is 0 Å². The zero-order chi connectivity index (χ0) is 7.71. The van der Waals surface area contributed by atoms with Gasteiger partial charge in [0.2, 0.25) is 0 Å². The molecule has 0 bridgehead atoms. The Morgan fingerprint density at radius 2 is 1.09 bits per heavy atom. The zero-order valence-electron chi connectivity index (χ0n) is 5.12. The van der Waals surface area contributed by atoms with Gasteiger partial charge >= 0.3 is 83.2 Å². The van der Waals surface area contributed by atoms with E-state index in [9.17, 15) is 23.5 Å². The van der Waals surface area contributed by atoms with E-state index >= 15 is 0 Å². The average Bonchev–Trinajstić information content (AvgIpc) is 1.14. The molecule has 0 heterocycles. The summed E-state index contributed by atoms with van der Waals surface area (Å²) in [5.41, 5.74) is 0. The van der Waals surface area contributed by atoms with Crippen molar-refractivity contribution in [1.29, 1.82) is 0 Å². The van der Waals surface area contributed by atoms with Crippen LogP contribution in [-0.2, 0) is 45.3 Å². The van der Waals surface area contributed by atoms with Gasteiger partial charge in [0, 0.05) is 0 Å². The van der Waals surface area contributed by atoms with Crippen LogP contribution in [0.3, 0.4) is 0 Å². The van der Waals surface area contributed by atoms with Crippen molar-refractivity contribution < 1.29 is 95.6 Å². The second-order valence-electron chi connectivity index (χ2n) is 0.885. The minimum atomic E-state index is -6.07. The molecule has 0 fully saturated rings. The molecule has 0 saturated carbocycles. The fraction of sp³-hybridized carbons (Fsp3) is 0. The van der Waals surface area contributed by atoms with Crippen molar-refractivity contribution in [3.05, 3.63) is 0 Å². The van der Waals surface area contributed by atoms with Gasteiger partial charge in [-0.3, -0.25) is 0 Å². The Labute approximate surface area is 94.6 Å². The zero-order valence-corrected chi connectivity index (χ0v) is 10.6. The Balaban J connectivity index is -0.000000320. The average molecular weight is 276 g/mol. The third kappa shape index (κ3) is 18.4. The molecular formula is H2ClCr2NaO7. The molecule has 7 nitrogen and oxygen atoms in total. The second-order valence-corrected chi connectivity index (χ2v) is 4.52. The minimum absolute atomic E-state index is 0. The molecule has 0 aromatic carbocycles. The van der Waals surface area contributed by atoms with E-state index in [1.807, 2.05) is 0 Å². The molecule has 0 spiro atoms. The molecule has 0 amide bonds. The third-order valence-corrected chi connectivity index (χ3v) is 2.83. The molecule has 11 heteroatoms. The van der Waals surface area contributed by atoms with Gasteiger partial charge in [0.15, 0.2) is 0 Å². The summed E-state index contributed by atoms with van der Waals surface area (Å²) >= 11 is -12.1. The Morgan fingerprint density at radius 3 is 1.09 bits per heavy atom. The van der Waals surface area contributed by atoms with E-state index in [0.717, 1.165) is 0 Å². The second kappa shape index (κ2) is 5.98. The molecule has 0 aliphatic carbocycles. The molecule has 0 aliphatic rings. The van der Waals surface area contributed by atoms with Crippen LogP contribution < -0.4 is 37.9 Å². The van der Waals surface area contributed by atoms with Gasteiger partial charge in [-0.2, -0.15) is 0 Å². The molecule has 64 valence electrons. The van der Waals surface area contributed by atoms with Gasteiger partial charge in [-0.15, -0.1) is 0 Å². The summed E-state index contributed by atoms with van der Waals surface area (Å²) in [6.45, 7) is 0. The van der Waals surface area contributed by atoms with Gasteiger partial charge in [-0.1, -0.05) is 0 Å². The first-order valence-corrected chi connectivity index (χ1v) is 5.50. The van der Waals surface area contributed by atoms with E-state index in [-0.39, 0.29) is 42.0 Å². The van der Waals surface area contributed by atoms with Crippen LogP contribution in [0.25, 0.3) is 0 Å². The van der Waals surface area contributed by atoms with Crippen molar-refractivity contribution in [3.63, 3.8) is 0 Å². The maximum absolute atomic E-state index is 9.38. The van der Waals surface area contributed by atoms with Gasteiger partial charge in [0.05, 0.1) is 12.4 Å². The summed E-state index contributed by atoms with van der Waals surface area (Å²) in [7, 11) is 0. The number of hydrogen-bond acceptors (Lipinski definition) is 7. The van der Waals surface area contributed by atoms with Crippen LogP contribution in [0.15, 0.2) is 0 Å².